The van der Waals surface area contributed by atoms with Crippen molar-refractivity contribution in [3.8, 4) is 0 Å². The number of carbonyl (C=O) groups is 2. The van der Waals surface area contributed by atoms with Gasteiger partial charge in [0.2, 0.25) is 0 Å². The Bertz CT molecular complexity index is 369. The van der Waals surface area contributed by atoms with E-state index in [2.05, 4.69) is 15.5 Å². The first kappa shape index (κ1) is 7.78. The van der Waals surface area contributed by atoms with Gasteiger partial charge in [0.25, 0.3) is 5.91 Å². The summed E-state index contributed by atoms with van der Waals surface area (Å²) < 4.78 is 0. The minimum absolute atomic E-state index is 0.0184. The molecule has 0 aliphatic carbocycles. The highest BCUT2D eigenvalue weighted by atomic mass is 16.4. The largest absolute Gasteiger partial charge is 0.477 e. The average molecular weight is 181 g/mol. The van der Waals surface area contributed by atoms with Crippen LogP contribution in [0.5, 0.6) is 0 Å². The summed E-state index contributed by atoms with van der Waals surface area (Å²) in [5, 5.41) is 17.3. The Morgan fingerprint density at radius 2 is 2.31 bits per heavy atom. The molecule has 1 amide bonds. The third-order valence-electron chi connectivity index (χ3n) is 1.96. The van der Waals surface area contributed by atoms with Crippen LogP contribution < -0.4 is 5.32 Å². The van der Waals surface area contributed by atoms with E-state index in [-0.39, 0.29) is 17.3 Å². The molecule has 0 bridgehead atoms. The van der Waals surface area contributed by atoms with Gasteiger partial charge in [-0.1, -0.05) is 0 Å². The fourth-order valence-corrected chi connectivity index (χ4v) is 1.36. The molecule has 1 aromatic rings. The molecule has 0 fully saturated rings. The molecule has 0 saturated carbocycles. The zero-order valence-electron chi connectivity index (χ0n) is 6.63. The zero-order valence-corrected chi connectivity index (χ0v) is 6.63. The molecule has 0 spiro atoms. The van der Waals surface area contributed by atoms with Crippen LogP contribution in [0.1, 0.15) is 26.5 Å². The van der Waals surface area contributed by atoms with E-state index in [1.165, 1.54) is 0 Å². The van der Waals surface area contributed by atoms with Crippen LogP contribution in [0.15, 0.2) is 0 Å². The van der Waals surface area contributed by atoms with Gasteiger partial charge in [-0.05, 0) is 6.42 Å². The van der Waals surface area contributed by atoms with E-state index < -0.39 is 5.97 Å². The van der Waals surface area contributed by atoms with Crippen LogP contribution in [0, 0.1) is 0 Å². The first-order valence-corrected chi connectivity index (χ1v) is 3.79. The predicted octanol–water partition coefficient (Wildman–Crippen LogP) is -0.606. The standard InChI is InChI=1S/C7H7N3O3/c11-6-4-3(1-2-8-6)5(7(12)13)10-9-4/h1-2H2,(H,8,11)(H,9,10)(H,12,13). The number of amides is 1. The van der Waals surface area contributed by atoms with Crippen LogP contribution >= 0.6 is 0 Å². The maximum atomic E-state index is 11.1. The van der Waals surface area contributed by atoms with Crippen LogP contribution in [0.3, 0.4) is 0 Å². The number of hydrogen-bond donors (Lipinski definition) is 3. The molecule has 1 aliphatic heterocycles. The normalized spacial score (nSPS) is 14.9. The van der Waals surface area contributed by atoms with Crippen molar-refractivity contribution in [1.29, 1.82) is 0 Å². The lowest BCUT2D eigenvalue weighted by atomic mass is 10.1. The van der Waals surface area contributed by atoms with Crippen molar-refractivity contribution in [2.45, 2.75) is 6.42 Å². The lowest BCUT2D eigenvalue weighted by Crippen LogP contribution is -2.32. The highest BCUT2D eigenvalue weighted by Gasteiger charge is 2.25. The number of aromatic amines is 1. The van der Waals surface area contributed by atoms with Crippen LogP contribution in [0.4, 0.5) is 0 Å². The molecule has 1 aliphatic rings. The van der Waals surface area contributed by atoms with Gasteiger partial charge < -0.3 is 10.4 Å². The van der Waals surface area contributed by atoms with Crippen molar-refractivity contribution in [1.82, 2.24) is 15.5 Å². The number of hydrogen-bond acceptors (Lipinski definition) is 3. The Morgan fingerprint density at radius 1 is 1.54 bits per heavy atom. The minimum Gasteiger partial charge on any atom is -0.477 e. The smallest absolute Gasteiger partial charge is 0.354 e. The number of H-pyrrole nitrogens is 1. The number of rotatable bonds is 1. The lowest BCUT2D eigenvalue weighted by Gasteiger charge is -2.10. The van der Waals surface area contributed by atoms with Crippen LogP contribution in [-0.4, -0.2) is 33.7 Å². The van der Waals surface area contributed by atoms with Gasteiger partial charge in [-0.15, -0.1) is 0 Å². The summed E-state index contributed by atoms with van der Waals surface area (Å²) in [6, 6.07) is 0. The number of carboxylic acids is 1. The Kier molecular flexibility index (Phi) is 1.54. The molecule has 1 aromatic heterocycles. The molecule has 6 nitrogen and oxygen atoms in total. The van der Waals surface area contributed by atoms with Gasteiger partial charge in [-0.25, -0.2) is 4.79 Å². The van der Waals surface area contributed by atoms with E-state index in [1.54, 1.807) is 0 Å². The van der Waals surface area contributed by atoms with Crippen LogP contribution in [-0.2, 0) is 6.42 Å². The molecule has 0 saturated heterocycles. The van der Waals surface area contributed by atoms with Crippen molar-refractivity contribution >= 4 is 11.9 Å². The summed E-state index contributed by atoms with van der Waals surface area (Å²) in [6.07, 6.45) is 0.513. The number of nitrogens with zero attached hydrogens (tertiary/aromatic N) is 1. The number of fused-ring (bicyclic) bond motifs is 1. The van der Waals surface area contributed by atoms with E-state index in [4.69, 9.17) is 5.11 Å². The second-order valence-electron chi connectivity index (χ2n) is 2.74. The summed E-state index contributed by atoms with van der Waals surface area (Å²) in [4.78, 5) is 21.8. The molecule has 6 heteroatoms. The second kappa shape index (κ2) is 2.58. The Morgan fingerprint density at radius 3 is 3.00 bits per heavy atom. The van der Waals surface area contributed by atoms with Gasteiger partial charge in [-0.3, -0.25) is 9.89 Å². The Hall–Kier alpha value is -1.85. The van der Waals surface area contributed by atoms with E-state index in [1.807, 2.05) is 0 Å². The maximum absolute atomic E-state index is 11.1. The molecular weight excluding hydrogens is 174 g/mol. The number of carbonyl (C=O) groups excluding carboxylic acids is 1. The number of aromatic nitrogens is 2. The Labute approximate surface area is 72.9 Å². The molecule has 0 unspecified atom stereocenters. The molecule has 2 rings (SSSR count). The van der Waals surface area contributed by atoms with Crippen LogP contribution in [0.25, 0.3) is 0 Å². The van der Waals surface area contributed by atoms with Crippen molar-refractivity contribution in [3.63, 3.8) is 0 Å². The molecule has 68 valence electrons. The van der Waals surface area contributed by atoms with Crippen molar-refractivity contribution in [2.75, 3.05) is 6.54 Å². The van der Waals surface area contributed by atoms with Gasteiger partial charge >= 0.3 is 5.97 Å². The molecule has 13 heavy (non-hydrogen) atoms. The highest BCUT2D eigenvalue weighted by molar-refractivity contribution is 5.98. The molecule has 3 N–H and O–H groups in total. The molecule has 0 aromatic carbocycles. The topological polar surface area (TPSA) is 95.1 Å². The second-order valence-corrected chi connectivity index (χ2v) is 2.74. The van der Waals surface area contributed by atoms with E-state index in [0.717, 1.165) is 0 Å². The van der Waals surface area contributed by atoms with Gasteiger partial charge in [0.1, 0.15) is 5.69 Å². The first-order chi connectivity index (χ1) is 6.20. The third-order valence-corrected chi connectivity index (χ3v) is 1.96. The van der Waals surface area contributed by atoms with E-state index in [9.17, 15) is 9.59 Å². The van der Waals surface area contributed by atoms with Gasteiger partial charge in [0.15, 0.2) is 5.69 Å². The van der Waals surface area contributed by atoms with Gasteiger partial charge in [-0.2, -0.15) is 5.10 Å². The van der Waals surface area contributed by atoms with E-state index in [0.29, 0.717) is 18.5 Å². The molecular formula is C7H7N3O3. The summed E-state index contributed by atoms with van der Waals surface area (Å²) in [7, 11) is 0. The monoisotopic (exact) mass is 181 g/mol. The van der Waals surface area contributed by atoms with Crippen molar-refractivity contribution in [2.24, 2.45) is 0 Å². The molecule has 0 atom stereocenters. The predicted molar refractivity (Wildman–Crippen MR) is 41.6 cm³/mol. The number of carboxylic acid groups (broad SMARTS) is 1. The maximum Gasteiger partial charge on any atom is 0.354 e. The van der Waals surface area contributed by atoms with Gasteiger partial charge in [0.05, 0.1) is 0 Å². The number of nitrogens with one attached hydrogen (secondary N) is 2. The van der Waals surface area contributed by atoms with Crippen LogP contribution in [0.2, 0.25) is 0 Å². The quantitative estimate of drug-likeness (QED) is 0.538. The summed E-state index contributed by atoms with van der Waals surface area (Å²) in [5.41, 5.74) is 0.713. The fourth-order valence-electron chi connectivity index (χ4n) is 1.36. The van der Waals surface area contributed by atoms with Gasteiger partial charge in [0, 0.05) is 12.1 Å². The lowest BCUT2D eigenvalue weighted by molar-refractivity contribution is 0.0689. The summed E-state index contributed by atoms with van der Waals surface area (Å²) in [5.74, 6) is -1.39. The minimum atomic E-state index is -1.08. The molecule has 0 radical (unpaired) electrons. The Balaban J connectivity index is 2.53. The zero-order chi connectivity index (χ0) is 9.42. The summed E-state index contributed by atoms with van der Waals surface area (Å²) in [6.45, 7) is 0.464. The SMILES string of the molecule is O=C1NCCc2c1n[nH]c2C(=O)O. The summed E-state index contributed by atoms with van der Waals surface area (Å²) >= 11 is 0. The number of aromatic carboxylic acids is 1. The average Bonchev–Trinajstić information content (AvgIpc) is 2.48. The van der Waals surface area contributed by atoms with Crippen molar-refractivity contribution in [3.05, 3.63) is 17.0 Å². The highest BCUT2D eigenvalue weighted by Crippen LogP contribution is 2.14. The van der Waals surface area contributed by atoms with E-state index >= 15 is 0 Å². The fraction of sp³-hybridized carbons (Fsp3) is 0.286. The first-order valence-electron chi connectivity index (χ1n) is 3.79. The third kappa shape index (κ3) is 1.07. The molecule has 2 heterocycles. The van der Waals surface area contributed by atoms with Crippen molar-refractivity contribution < 1.29 is 14.7 Å².